The van der Waals surface area contributed by atoms with Crippen LogP contribution in [-0.2, 0) is 29.7 Å². The molecule has 0 bridgehead atoms. The summed E-state index contributed by atoms with van der Waals surface area (Å²) in [6, 6.07) is 0. The van der Waals surface area contributed by atoms with Crippen molar-refractivity contribution < 1.29 is 44.4 Å². The van der Waals surface area contributed by atoms with Gasteiger partial charge in [0.25, 0.3) is 0 Å². The van der Waals surface area contributed by atoms with E-state index in [1.54, 1.807) is 0 Å². The summed E-state index contributed by atoms with van der Waals surface area (Å²) in [5.41, 5.74) is 0. The van der Waals surface area contributed by atoms with Crippen LogP contribution in [-0.4, -0.2) is 127 Å². The Morgan fingerprint density at radius 1 is 0.607 bits per heavy atom. The average molecular weight is 449 g/mol. The topological polar surface area (TPSA) is 133 Å². The van der Waals surface area contributed by atoms with Crippen LogP contribution < -0.4 is 0 Å². The monoisotopic (exact) mass is 448 g/mol. The number of hydrogen-bond acceptors (Lipinski definition) is 8. The third kappa shape index (κ3) is 19.0. The van der Waals surface area contributed by atoms with Crippen LogP contribution >= 0.6 is 0 Å². The maximum Gasteiger partial charge on any atom is 0.102 e. The van der Waals surface area contributed by atoms with Crippen molar-refractivity contribution in [3.63, 3.8) is 0 Å². The van der Waals surface area contributed by atoms with Gasteiger partial charge in [-0.15, -0.1) is 0 Å². The molecule has 170 valence electrons. The number of hydrogen-bond donors (Lipinski definition) is 0. The number of quaternary nitrogens is 2. The molecule has 0 unspecified atom stereocenters. The van der Waals surface area contributed by atoms with Crippen LogP contribution in [0.15, 0.2) is 0 Å². The van der Waals surface area contributed by atoms with Gasteiger partial charge in [0.2, 0.25) is 0 Å². The van der Waals surface area contributed by atoms with E-state index in [-0.39, 0.29) is 11.5 Å². The van der Waals surface area contributed by atoms with Crippen LogP contribution in [0.25, 0.3) is 0 Å². The fraction of sp³-hybridized carbons (Fsp3) is 1.00. The van der Waals surface area contributed by atoms with Gasteiger partial charge >= 0.3 is 0 Å². The van der Waals surface area contributed by atoms with Crippen LogP contribution in [0.4, 0.5) is 0 Å². The second-order valence-corrected chi connectivity index (χ2v) is 11.3. The van der Waals surface area contributed by atoms with Crippen molar-refractivity contribution >= 4 is 20.2 Å². The molecular weight excluding hydrogens is 412 g/mol. The zero-order chi connectivity index (χ0) is 21.9. The molecule has 0 amide bonds. The molecule has 0 saturated carbocycles. The van der Waals surface area contributed by atoms with Crippen molar-refractivity contribution in [2.75, 3.05) is 92.3 Å². The van der Waals surface area contributed by atoms with Gasteiger partial charge in [-0.25, -0.2) is 16.8 Å². The third-order valence-electron chi connectivity index (χ3n) is 4.37. The highest BCUT2D eigenvalue weighted by Crippen LogP contribution is 2.02. The summed E-state index contributed by atoms with van der Waals surface area (Å²) in [6.45, 7) is 4.46. The summed E-state index contributed by atoms with van der Waals surface area (Å²) in [5.74, 6) is -0.685. The molecule has 10 nitrogen and oxygen atoms in total. The molecule has 0 aliphatic rings. The fourth-order valence-corrected chi connectivity index (χ4v) is 3.47. The highest BCUT2D eigenvalue weighted by molar-refractivity contribution is 7.85. The van der Waals surface area contributed by atoms with Crippen molar-refractivity contribution in [3.05, 3.63) is 0 Å². The molecule has 0 aromatic heterocycles. The van der Waals surface area contributed by atoms with Crippen LogP contribution in [0.3, 0.4) is 0 Å². The normalized spacial score (nSPS) is 13.8. The number of rotatable bonds is 17. The summed E-state index contributed by atoms with van der Waals surface area (Å²) in [5, 5.41) is 0. The lowest BCUT2D eigenvalue weighted by Crippen LogP contribution is -2.44. The van der Waals surface area contributed by atoms with Crippen molar-refractivity contribution in [3.8, 4) is 0 Å². The molecule has 12 heteroatoms. The van der Waals surface area contributed by atoms with E-state index in [4.69, 9.17) is 9.47 Å². The van der Waals surface area contributed by atoms with E-state index in [0.29, 0.717) is 74.4 Å². The van der Waals surface area contributed by atoms with Crippen LogP contribution in [0.2, 0.25) is 0 Å². The number of ether oxygens (including phenoxy) is 2. The minimum absolute atomic E-state index is 0.330. The molecule has 0 saturated heterocycles. The lowest BCUT2D eigenvalue weighted by atomic mass is 10.3. The van der Waals surface area contributed by atoms with Gasteiger partial charge in [-0.05, 0) is 0 Å². The minimum atomic E-state index is -4.16. The Hall–Kier alpha value is -0.340. The van der Waals surface area contributed by atoms with E-state index in [2.05, 4.69) is 0 Å². The SMILES string of the molecule is C[N+](C)(CCCS(=O)(=O)[O-])CCOCCOCC[N+](C)(C)CCCS(=O)(=O)[O-]. The Morgan fingerprint density at radius 2 is 0.929 bits per heavy atom. The molecule has 0 aliphatic heterocycles. The summed E-state index contributed by atoms with van der Waals surface area (Å²) >= 11 is 0. The Kier molecular flexibility index (Phi) is 12.2. The Balaban J connectivity index is 3.72. The minimum Gasteiger partial charge on any atom is -0.748 e. The molecule has 0 spiro atoms. The first-order valence-corrected chi connectivity index (χ1v) is 12.4. The fourth-order valence-electron chi connectivity index (χ4n) is 2.51. The molecule has 0 aliphatic carbocycles. The molecule has 0 radical (unpaired) electrons. The predicted octanol–water partition coefficient (Wildman–Crippen LogP) is -0.957. The number of likely N-dealkylation sites (N-methyl/N-ethyl adjacent to an activating group) is 2. The first-order valence-electron chi connectivity index (χ1n) is 9.29. The lowest BCUT2D eigenvalue weighted by molar-refractivity contribution is -0.890. The van der Waals surface area contributed by atoms with Crippen molar-refractivity contribution in [2.24, 2.45) is 0 Å². The first-order chi connectivity index (χ1) is 12.6. The summed E-state index contributed by atoms with van der Waals surface area (Å²) in [7, 11) is -0.499. The molecule has 0 aromatic rings. The van der Waals surface area contributed by atoms with E-state index in [9.17, 15) is 25.9 Å². The largest absolute Gasteiger partial charge is 0.748 e. The quantitative estimate of drug-likeness (QED) is 0.158. The zero-order valence-corrected chi connectivity index (χ0v) is 19.1. The highest BCUT2D eigenvalue weighted by atomic mass is 32.2. The van der Waals surface area contributed by atoms with Crippen molar-refractivity contribution in [1.82, 2.24) is 0 Å². The summed E-state index contributed by atoms with van der Waals surface area (Å²) in [6.07, 6.45) is 0.660. The van der Waals surface area contributed by atoms with Crippen molar-refractivity contribution in [2.45, 2.75) is 12.8 Å². The van der Waals surface area contributed by atoms with Gasteiger partial charge < -0.3 is 27.5 Å². The van der Waals surface area contributed by atoms with E-state index in [1.807, 2.05) is 28.2 Å². The molecular formula is C16H36N2O8S2. The van der Waals surface area contributed by atoms with E-state index in [1.165, 1.54) is 0 Å². The molecule has 0 N–H and O–H groups in total. The van der Waals surface area contributed by atoms with Crippen LogP contribution in [0.1, 0.15) is 12.8 Å². The second kappa shape index (κ2) is 12.4. The van der Waals surface area contributed by atoms with Gasteiger partial charge in [0.1, 0.15) is 13.1 Å². The Labute approximate surface area is 170 Å². The van der Waals surface area contributed by atoms with Crippen LogP contribution in [0, 0.1) is 0 Å². The molecule has 0 fully saturated rings. The number of nitrogens with zero attached hydrogens (tertiary/aromatic N) is 2. The maximum atomic E-state index is 10.6. The lowest BCUT2D eigenvalue weighted by Gasteiger charge is -2.30. The predicted molar refractivity (Wildman–Crippen MR) is 104 cm³/mol. The molecule has 0 atom stereocenters. The Bertz CT molecular complexity index is 577. The van der Waals surface area contributed by atoms with Gasteiger partial charge in [0.15, 0.2) is 0 Å². The van der Waals surface area contributed by atoms with Gasteiger partial charge in [-0.2, -0.15) is 0 Å². The van der Waals surface area contributed by atoms with E-state index >= 15 is 0 Å². The van der Waals surface area contributed by atoms with E-state index in [0.717, 1.165) is 0 Å². The van der Waals surface area contributed by atoms with Gasteiger partial charge in [0, 0.05) is 24.3 Å². The standard InChI is InChI=1S/C16H36N2O8S2/c1-17(2,7-5-15-27(19,20)21)9-11-25-13-14-26-12-10-18(3,4)8-6-16-28(22,23)24/h5-16H2,1-4H3. The molecule has 0 rings (SSSR count). The smallest absolute Gasteiger partial charge is 0.102 e. The first kappa shape index (κ1) is 27.7. The van der Waals surface area contributed by atoms with Crippen molar-refractivity contribution in [1.29, 1.82) is 0 Å². The van der Waals surface area contributed by atoms with Gasteiger partial charge in [-0.3, -0.25) is 0 Å². The molecule has 0 aromatic carbocycles. The van der Waals surface area contributed by atoms with Crippen LogP contribution in [0.5, 0.6) is 0 Å². The second-order valence-electron chi connectivity index (χ2n) is 8.22. The van der Waals surface area contributed by atoms with Gasteiger partial charge in [-0.1, -0.05) is 0 Å². The molecule has 28 heavy (non-hydrogen) atoms. The zero-order valence-electron chi connectivity index (χ0n) is 17.5. The summed E-state index contributed by atoms with van der Waals surface area (Å²) in [4.78, 5) is 0. The molecule has 0 heterocycles. The van der Waals surface area contributed by atoms with Gasteiger partial charge in [0.05, 0.1) is 87.9 Å². The Morgan fingerprint density at radius 3 is 1.21 bits per heavy atom. The maximum absolute atomic E-state index is 10.6. The summed E-state index contributed by atoms with van der Waals surface area (Å²) < 4.78 is 75.9. The third-order valence-corrected chi connectivity index (χ3v) is 5.95. The van der Waals surface area contributed by atoms with E-state index < -0.39 is 20.2 Å². The highest BCUT2D eigenvalue weighted by Gasteiger charge is 2.16. The average Bonchev–Trinajstić information content (AvgIpc) is 2.46.